The zero-order valence-electron chi connectivity index (χ0n) is 11.9. The summed E-state index contributed by atoms with van der Waals surface area (Å²) in [5.74, 6) is 0.874. The van der Waals surface area contributed by atoms with Crippen LogP contribution in [-0.4, -0.2) is 29.2 Å². The summed E-state index contributed by atoms with van der Waals surface area (Å²) >= 11 is 0. The fourth-order valence-corrected chi connectivity index (χ4v) is 2.73. The van der Waals surface area contributed by atoms with E-state index < -0.39 is 0 Å². The van der Waals surface area contributed by atoms with Gasteiger partial charge < -0.3 is 9.84 Å². The standard InChI is InChI=1S/C16H21N3O/c1-13-9-16(18-20-13)10-17-15-7-8-19(12-15)11-14-5-3-2-4-6-14/h2-6,9,15,17H,7-8,10-12H2,1H3. The molecule has 20 heavy (non-hydrogen) atoms. The van der Waals surface area contributed by atoms with E-state index in [1.54, 1.807) is 0 Å². The molecule has 1 atom stereocenters. The van der Waals surface area contributed by atoms with Crippen molar-refractivity contribution in [1.29, 1.82) is 0 Å². The van der Waals surface area contributed by atoms with Gasteiger partial charge in [-0.1, -0.05) is 35.5 Å². The highest BCUT2D eigenvalue weighted by Gasteiger charge is 2.22. The molecule has 0 aliphatic carbocycles. The number of likely N-dealkylation sites (tertiary alicyclic amines) is 1. The molecule has 1 aromatic heterocycles. The van der Waals surface area contributed by atoms with Gasteiger partial charge in [0.05, 0.1) is 5.69 Å². The maximum Gasteiger partial charge on any atom is 0.133 e. The first-order valence-electron chi connectivity index (χ1n) is 7.21. The molecular weight excluding hydrogens is 250 g/mol. The summed E-state index contributed by atoms with van der Waals surface area (Å²) in [5, 5.41) is 7.58. The van der Waals surface area contributed by atoms with Gasteiger partial charge >= 0.3 is 0 Å². The average molecular weight is 271 g/mol. The first-order valence-corrected chi connectivity index (χ1v) is 7.21. The Bertz CT molecular complexity index is 538. The summed E-state index contributed by atoms with van der Waals surface area (Å²) in [4.78, 5) is 2.50. The average Bonchev–Trinajstić information content (AvgIpc) is 3.07. The van der Waals surface area contributed by atoms with Gasteiger partial charge in [0.1, 0.15) is 5.76 Å². The number of hydrogen-bond acceptors (Lipinski definition) is 4. The molecule has 0 radical (unpaired) electrons. The van der Waals surface area contributed by atoms with E-state index in [2.05, 4.69) is 45.7 Å². The normalized spacial score (nSPS) is 19.6. The van der Waals surface area contributed by atoms with Crippen molar-refractivity contribution in [2.75, 3.05) is 13.1 Å². The molecule has 1 aliphatic rings. The summed E-state index contributed by atoms with van der Waals surface area (Å²) in [7, 11) is 0. The molecule has 0 bridgehead atoms. The number of aromatic nitrogens is 1. The van der Waals surface area contributed by atoms with Gasteiger partial charge in [-0.3, -0.25) is 4.90 Å². The number of nitrogens with one attached hydrogen (secondary N) is 1. The van der Waals surface area contributed by atoms with Gasteiger partial charge in [-0.15, -0.1) is 0 Å². The van der Waals surface area contributed by atoms with Crippen molar-refractivity contribution in [3.63, 3.8) is 0 Å². The minimum atomic E-state index is 0.552. The quantitative estimate of drug-likeness (QED) is 0.906. The Morgan fingerprint density at radius 2 is 2.20 bits per heavy atom. The molecule has 4 nitrogen and oxygen atoms in total. The molecule has 1 fully saturated rings. The molecule has 3 rings (SSSR count). The van der Waals surface area contributed by atoms with E-state index in [1.165, 1.54) is 12.0 Å². The minimum Gasteiger partial charge on any atom is -0.361 e. The third-order valence-corrected chi connectivity index (χ3v) is 3.77. The van der Waals surface area contributed by atoms with E-state index in [0.717, 1.165) is 37.6 Å². The van der Waals surface area contributed by atoms with Crippen LogP contribution >= 0.6 is 0 Å². The molecule has 0 spiro atoms. The maximum atomic E-state index is 5.08. The summed E-state index contributed by atoms with van der Waals surface area (Å²) < 4.78 is 5.08. The van der Waals surface area contributed by atoms with E-state index in [0.29, 0.717) is 6.04 Å². The van der Waals surface area contributed by atoms with E-state index in [-0.39, 0.29) is 0 Å². The molecule has 1 aliphatic heterocycles. The summed E-state index contributed by atoms with van der Waals surface area (Å²) in [5.41, 5.74) is 2.38. The van der Waals surface area contributed by atoms with Crippen LogP contribution < -0.4 is 5.32 Å². The SMILES string of the molecule is Cc1cc(CNC2CCN(Cc3ccccc3)C2)no1. The zero-order valence-corrected chi connectivity index (χ0v) is 11.9. The Hall–Kier alpha value is -1.65. The molecule has 0 saturated carbocycles. The van der Waals surface area contributed by atoms with E-state index >= 15 is 0 Å². The largest absolute Gasteiger partial charge is 0.361 e. The molecule has 1 N–H and O–H groups in total. The Morgan fingerprint density at radius 3 is 2.95 bits per heavy atom. The highest BCUT2D eigenvalue weighted by Crippen LogP contribution is 2.14. The lowest BCUT2D eigenvalue weighted by Crippen LogP contribution is -2.32. The molecule has 1 aromatic carbocycles. The van der Waals surface area contributed by atoms with Gasteiger partial charge in [0, 0.05) is 38.3 Å². The van der Waals surface area contributed by atoms with E-state index in [1.807, 2.05) is 13.0 Å². The lowest BCUT2D eigenvalue weighted by molar-refractivity contribution is 0.319. The van der Waals surface area contributed by atoms with Gasteiger partial charge in [0.15, 0.2) is 0 Å². The van der Waals surface area contributed by atoms with Gasteiger partial charge in [0.2, 0.25) is 0 Å². The molecule has 1 unspecified atom stereocenters. The maximum absolute atomic E-state index is 5.08. The van der Waals surface area contributed by atoms with E-state index in [4.69, 9.17) is 4.52 Å². The Morgan fingerprint density at radius 1 is 1.35 bits per heavy atom. The monoisotopic (exact) mass is 271 g/mol. The number of aryl methyl sites for hydroxylation is 1. The second-order valence-electron chi connectivity index (χ2n) is 5.52. The second kappa shape index (κ2) is 6.20. The highest BCUT2D eigenvalue weighted by molar-refractivity contribution is 5.14. The predicted octanol–water partition coefficient (Wildman–Crippen LogP) is 2.35. The highest BCUT2D eigenvalue weighted by atomic mass is 16.5. The molecule has 2 aromatic rings. The first-order chi connectivity index (χ1) is 9.79. The van der Waals surface area contributed by atoms with Crippen LogP contribution in [0.1, 0.15) is 23.4 Å². The molecule has 106 valence electrons. The van der Waals surface area contributed by atoms with Crippen molar-refractivity contribution in [2.45, 2.75) is 32.5 Å². The fourth-order valence-electron chi connectivity index (χ4n) is 2.73. The molecule has 4 heteroatoms. The van der Waals surface area contributed by atoms with Crippen LogP contribution in [0.5, 0.6) is 0 Å². The van der Waals surface area contributed by atoms with Crippen LogP contribution in [0.4, 0.5) is 0 Å². The lowest BCUT2D eigenvalue weighted by atomic mass is 10.2. The summed E-state index contributed by atoms with van der Waals surface area (Å²) in [6, 6.07) is 13.2. The van der Waals surface area contributed by atoms with Gasteiger partial charge in [-0.25, -0.2) is 0 Å². The number of benzene rings is 1. The third kappa shape index (κ3) is 3.46. The van der Waals surface area contributed by atoms with Gasteiger partial charge in [0.25, 0.3) is 0 Å². The second-order valence-corrected chi connectivity index (χ2v) is 5.52. The van der Waals surface area contributed by atoms with Crippen molar-refractivity contribution < 1.29 is 4.52 Å². The van der Waals surface area contributed by atoms with Crippen LogP contribution in [0.3, 0.4) is 0 Å². The van der Waals surface area contributed by atoms with E-state index in [9.17, 15) is 0 Å². The van der Waals surface area contributed by atoms with Crippen molar-refractivity contribution in [3.05, 3.63) is 53.4 Å². The van der Waals surface area contributed by atoms with Crippen LogP contribution in [-0.2, 0) is 13.1 Å². The van der Waals surface area contributed by atoms with Crippen LogP contribution in [0.15, 0.2) is 40.9 Å². The Labute approximate surface area is 119 Å². The predicted molar refractivity (Wildman–Crippen MR) is 78.2 cm³/mol. The third-order valence-electron chi connectivity index (χ3n) is 3.77. The van der Waals surface area contributed by atoms with Gasteiger partial charge in [-0.05, 0) is 18.9 Å². The number of nitrogens with zero attached hydrogens (tertiary/aromatic N) is 2. The summed E-state index contributed by atoms with van der Waals surface area (Å²) in [6.45, 7) is 6.02. The van der Waals surface area contributed by atoms with Crippen LogP contribution in [0.25, 0.3) is 0 Å². The molecular formula is C16H21N3O. The van der Waals surface area contributed by atoms with Crippen molar-refractivity contribution in [3.8, 4) is 0 Å². The topological polar surface area (TPSA) is 41.3 Å². The number of hydrogen-bond donors (Lipinski definition) is 1. The molecule has 1 saturated heterocycles. The van der Waals surface area contributed by atoms with Crippen LogP contribution in [0, 0.1) is 6.92 Å². The minimum absolute atomic E-state index is 0.552. The van der Waals surface area contributed by atoms with Crippen LogP contribution in [0.2, 0.25) is 0 Å². The Balaban J connectivity index is 1.45. The first kappa shape index (κ1) is 13.3. The fraction of sp³-hybridized carbons (Fsp3) is 0.438. The summed E-state index contributed by atoms with van der Waals surface area (Å²) in [6.07, 6.45) is 1.20. The van der Waals surface area contributed by atoms with Crippen molar-refractivity contribution in [1.82, 2.24) is 15.4 Å². The van der Waals surface area contributed by atoms with Gasteiger partial charge in [-0.2, -0.15) is 0 Å². The smallest absolute Gasteiger partial charge is 0.133 e. The van der Waals surface area contributed by atoms with Crippen molar-refractivity contribution >= 4 is 0 Å². The van der Waals surface area contributed by atoms with Crippen molar-refractivity contribution in [2.24, 2.45) is 0 Å². The number of rotatable bonds is 5. The Kier molecular flexibility index (Phi) is 4.14. The zero-order chi connectivity index (χ0) is 13.8. The molecule has 0 amide bonds. The lowest BCUT2D eigenvalue weighted by Gasteiger charge is -2.16. The molecule has 2 heterocycles.